The molecule has 0 aliphatic carbocycles. The fourth-order valence-electron chi connectivity index (χ4n) is 0.975. The number of nitrogens with one attached hydrogen (secondary N) is 1. The molecular weight excluding hydrogens is 252 g/mol. The Labute approximate surface area is 96.6 Å². The first kappa shape index (κ1) is 15.3. The third-order valence-corrected chi connectivity index (χ3v) is 4.37. The molecular formula is C8H16N2O4S2. The van der Waals surface area contributed by atoms with Gasteiger partial charge in [-0.05, 0) is 6.42 Å². The van der Waals surface area contributed by atoms with E-state index in [1.165, 1.54) is 0 Å². The summed E-state index contributed by atoms with van der Waals surface area (Å²) in [6.45, 7) is 1.83. The minimum Gasteiger partial charge on any atom is -0.229 e. The van der Waals surface area contributed by atoms with Gasteiger partial charge in [-0.1, -0.05) is 13.3 Å². The Kier molecular flexibility index (Phi) is 5.92. The Morgan fingerprint density at radius 1 is 1.25 bits per heavy atom. The van der Waals surface area contributed by atoms with E-state index in [0.717, 1.165) is 6.26 Å². The molecule has 0 rings (SSSR count). The predicted molar refractivity (Wildman–Crippen MR) is 60.9 cm³/mol. The van der Waals surface area contributed by atoms with Gasteiger partial charge in [-0.3, -0.25) is 0 Å². The van der Waals surface area contributed by atoms with Gasteiger partial charge in [0.05, 0.1) is 17.6 Å². The van der Waals surface area contributed by atoms with Crippen molar-refractivity contribution in [2.24, 2.45) is 0 Å². The van der Waals surface area contributed by atoms with Gasteiger partial charge in [0.1, 0.15) is 15.9 Å². The highest BCUT2D eigenvalue weighted by molar-refractivity contribution is 7.93. The van der Waals surface area contributed by atoms with Crippen LogP contribution >= 0.6 is 0 Å². The van der Waals surface area contributed by atoms with Gasteiger partial charge < -0.3 is 0 Å². The van der Waals surface area contributed by atoms with Crippen LogP contribution in [0.25, 0.3) is 0 Å². The molecule has 0 heterocycles. The first-order valence-electron chi connectivity index (χ1n) is 4.77. The fourth-order valence-corrected chi connectivity index (χ4v) is 3.79. The lowest BCUT2D eigenvalue weighted by atomic mass is 10.2. The molecule has 1 unspecified atom stereocenters. The summed E-state index contributed by atoms with van der Waals surface area (Å²) in [6.07, 6.45) is 2.05. The lowest BCUT2D eigenvalue weighted by molar-refractivity contribution is 0.562. The van der Waals surface area contributed by atoms with E-state index in [9.17, 15) is 16.8 Å². The smallest absolute Gasteiger partial charge is 0.213 e. The minimum atomic E-state index is -3.70. The third-order valence-electron chi connectivity index (χ3n) is 1.78. The van der Waals surface area contributed by atoms with Crippen molar-refractivity contribution in [3.8, 4) is 6.07 Å². The third kappa shape index (κ3) is 7.62. The summed E-state index contributed by atoms with van der Waals surface area (Å²) in [5, 5.41) is 8.65. The maximum Gasteiger partial charge on any atom is 0.213 e. The van der Waals surface area contributed by atoms with E-state index in [-0.39, 0.29) is 0 Å². The number of hydrogen-bond acceptors (Lipinski definition) is 5. The number of nitriles is 1. The summed E-state index contributed by atoms with van der Waals surface area (Å²) in [4.78, 5) is 0. The van der Waals surface area contributed by atoms with Crippen LogP contribution in [0, 0.1) is 11.3 Å². The number of rotatable bonds is 7. The second-order valence-electron chi connectivity index (χ2n) is 3.54. The zero-order chi connectivity index (χ0) is 12.8. The number of hydrogen-bond donors (Lipinski definition) is 1. The van der Waals surface area contributed by atoms with Gasteiger partial charge in [-0.2, -0.15) is 9.98 Å². The number of nitrogens with zero attached hydrogens (tertiary/aromatic N) is 1. The SMILES string of the molecule is CCCC(C#N)NS(=O)(=O)CCS(C)(=O)=O. The predicted octanol–water partition coefficient (Wildman–Crippen LogP) is -0.357. The van der Waals surface area contributed by atoms with Gasteiger partial charge >= 0.3 is 0 Å². The van der Waals surface area contributed by atoms with E-state index in [2.05, 4.69) is 4.72 Å². The summed E-state index contributed by atoms with van der Waals surface area (Å²) >= 11 is 0. The van der Waals surface area contributed by atoms with E-state index in [1.54, 1.807) is 0 Å². The van der Waals surface area contributed by atoms with Crippen LogP contribution in [0.15, 0.2) is 0 Å². The van der Waals surface area contributed by atoms with E-state index < -0.39 is 37.4 Å². The van der Waals surface area contributed by atoms with Crippen LogP contribution in [0.5, 0.6) is 0 Å². The Morgan fingerprint density at radius 2 is 1.81 bits per heavy atom. The maximum absolute atomic E-state index is 11.4. The van der Waals surface area contributed by atoms with Crippen LogP contribution < -0.4 is 4.72 Å². The molecule has 0 bridgehead atoms. The first-order chi connectivity index (χ1) is 7.20. The van der Waals surface area contributed by atoms with Crippen LogP contribution in [0.1, 0.15) is 19.8 Å². The standard InChI is InChI=1S/C8H16N2O4S2/c1-3-4-8(7-9)10-16(13,14)6-5-15(2,11)12/h8,10H,3-6H2,1-2H3. The molecule has 0 aliphatic heterocycles. The molecule has 0 amide bonds. The molecule has 94 valence electrons. The Balaban J connectivity index is 4.41. The highest BCUT2D eigenvalue weighted by Gasteiger charge is 2.18. The Hall–Kier alpha value is -0.650. The summed E-state index contributed by atoms with van der Waals surface area (Å²) in [5.74, 6) is -0.944. The first-order valence-corrected chi connectivity index (χ1v) is 8.49. The highest BCUT2D eigenvalue weighted by Crippen LogP contribution is 1.99. The molecule has 1 atom stereocenters. The summed E-state index contributed by atoms with van der Waals surface area (Å²) < 4.78 is 46.6. The van der Waals surface area contributed by atoms with E-state index in [0.29, 0.717) is 12.8 Å². The highest BCUT2D eigenvalue weighted by atomic mass is 32.2. The zero-order valence-corrected chi connectivity index (χ0v) is 10.9. The molecule has 0 aromatic rings. The summed E-state index contributed by atoms with van der Waals surface area (Å²) in [5.41, 5.74) is 0. The molecule has 0 spiro atoms. The second-order valence-corrected chi connectivity index (χ2v) is 7.67. The molecule has 0 saturated heterocycles. The molecule has 0 saturated carbocycles. The summed E-state index contributed by atoms with van der Waals surface area (Å²) in [7, 11) is -7.01. The van der Waals surface area contributed by atoms with Gasteiger partial charge in [0.15, 0.2) is 0 Å². The van der Waals surface area contributed by atoms with Crippen LogP contribution in [-0.2, 0) is 19.9 Å². The normalized spacial score (nSPS) is 14.3. The maximum atomic E-state index is 11.4. The molecule has 0 aromatic carbocycles. The van der Waals surface area contributed by atoms with E-state index >= 15 is 0 Å². The van der Waals surface area contributed by atoms with Crippen molar-refractivity contribution in [3.05, 3.63) is 0 Å². The van der Waals surface area contributed by atoms with Crippen molar-refractivity contribution in [1.82, 2.24) is 4.72 Å². The summed E-state index contributed by atoms with van der Waals surface area (Å²) in [6, 6.07) is 1.03. The molecule has 8 heteroatoms. The van der Waals surface area contributed by atoms with Crippen molar-refractivity contribution in [2.75, 3.05) is 17.8 Å². The van der Waals surface area contributed by atoms with Crippen molar-refractivity contribution >= 4 is 19.9 Å². The lowest BCUT2D eigenvalue weighted by Gasteiger charge is -2.10. The number of sulfone groups is 1. The van der Waals surface area contributed by atoms with Crippen molar-refractivity contribution < 1.29 is 16.8 Å². The Bertz CT molecular complexity index is 447. The molecule has 0 aliphatic rings. The molecule has 16 heavy (non-hydrogen) atoms. The molecule has 0 aromatic heterocycles. The van der Waals surface area contributed by atoms with Crippen molar-refractivity contribution in [2.45, 2.75) is 25.8 Å². The van der Waals surface area contributed by atoms with Gasteiger partial charge in [-0.25, -0.2) is 16.8 Å². The average Bonchev–Trinajstić information content (AvgIpc) is 2.13. The number of sulfonamides is 1. The van der Waals surface area contributed by atoms with Crippen molar-refractivity contribution in [1.29, 1.82) is 5.26 Å². The van der Waals surface area contributed by atoms with Gasteiger partial charge in [-0.15, -0.1) is 0 Å². The van der Waals surface area contributed by atoms with Crippen LogP contribution in [0.4, 0.5) is 0 Å². The quantitative estimate of drug-likeness (QED) is 0.679. The topological polar surface area (TPSA) is 104 Å². The van der Waals surface area contributed by atoms with Gasteiger partial charge in [0, 0.05) is 6.26 Å². The van der Waals surface area contributed by atoms with Crippen molar-refractivity contribution in [3.63, 3.8) is 0 Å². The molecule has 0 fully saturated rings. The van der Waals surface area contributed by atoms with Crippen LogP contribution in [-0.4, -0.2) is 40.6 Å². The lowest BCUT2D eigenvalue weighted by Crippen LogP contribution is -2.36. The van der Waals surface area contributed by atoms with Crippen LogP contribution in [0.3, 0.4) is 0 Å². The second kappa shape index (κ2) is 6.18. The van der Waals surface area contributed by atoms with Gasteiger partial charge in [0.2, 0.25) is 10.0 Å². The molecule has 6 nitrogen and oxygen atoms in total. The Morgan fingerprint density at radius 3 is 2.19 bits per heavy atom. The molecule has 1 N–H and O–H groups in total. The largest absolute Gasteiger partial charge is 0.229 e. The zero-order valence-electron chi connectivity index (χ0n) is 9.30. The van der Waals surface area contributed by atoms with Gasteiger partial charge in [0.25, 0.3) is 0 Å². The van der Waals surface area contributed by atoms with E-state index in [1.807, 2.05) is 13.0 Å². The molecule has 0 radical (unpaired) electrons. The fraction of sp³-hybridized carbons (Fsp3) is 0.875. The monoisotopic (exact) mass is 268 g/mol. The van der Waals surface area contributed by atoms with Crippen LogP contribution in [0.2, 0.25) is 0 Å². The average molecular weight is 268 g/mol. The minimum absolute atomic E-state index is 0.411. The van der Waals surface area contributed by atoms with E-state index in [4.69, 9.17) is 5.26 Å².